The zero-order valence-corrected chi connectivity index (χ0v) is 11.5. The Kier molecular flexibility index (Phi) is 2.97. The second-order valence-corrected chi connectivity index (χ2v) is 6.13. The Hall–Kier alpha value is -1.45. The van der Waals surface area contributed by atoms with Crippen LogP contribution in [-0.4, -0.2) is 23.2 Å². The molecule has 0 radical (unpaired) electrons. The highest BCUT2D eigenvalue weighted by atomic mass is 16.5. The first-order chi connectivity index (χ1) is 9.81. The average molecular weight is 268 g/mol. The van der Waals surface area contributed by atoms with Gasteiger partial charge < -0.3 is 10.5 Å². The summed E-state index contributed by atoms with van der Waals surface area (Å²) in [5, 5.41) is 1.23. The fourth-order valence-electron chi connectivity index (χ4n) is 3.87. The second kappa shape index (κ2) is 4.83. The Morgan fingerprint density at radius 2 is 2.15 bits per heavy atom. The van der Waals surface area contributed by atoms with E-state index in [2.05, 4.69) is 29.2 Å². The summed E-state index contributed by atoms with van der Waals surface area (Å²) in [4.78, 5) is 4.42. The summed E-state index contributed by atoms with van der Waals surface area (Å²) in [6.45, 7) is 0. The van der Waals surface area contributed by atoms with Crippen molar-refractivity contribution in [2.45, 2.75) is 43.9 Å². The SMILES string of the molecule is NC(Cc1ccnc2ccccc12)C1CC2CCC1O2. The van der Waals surface area contributed by atoms with E-state index in [0.717, 1.165) is 18.4 Å². The van der Waals surface area contributed by atoms with E-state index < -0.39 is 0 Å². The van der Waals surface area contributed by atoms with Crippen LogP contribution in [0.2, 0.25) is 0 Å². The van der Waals surface area contributed by atoms with Gasteiger partial charge in [-0.2, -0.15) is 0 Å². The molecular weight excluding hydrogens is 248 g/mol. The molecule has 2 N–H and O–H groups in total. The summed E-state index contributed by atoms with van der Waals surface area (Å²) in [6.07, 6.45) is 7.26. The van der Waals surface area contributed by atoms with Crippen molar-refractivity contribution in [1.82, 2.24) is 4.98 Å². The summed E-state index contributed by atoms with van der Waals surface area (Å²) < 4.78 is 5.94. The molecule has 2 fully saturated rings. The highest BCUT2D eigenvalue weighted by molar-refractivity contribution is 5.81. The second-order valence-electron chi connectivity index (χ2n) is 6.13. The van der Waals surface area contributed by atoms with E-state index >= 15 is 0 Å². The molecule has 4 atom stereocenters. The highest BCUT2D eigenvalue weighted by Gasteiger charge is 2.43. The minimum atomic E-state index is 0.191. The molecule has 0 aliphatic carbocycles. The zero-order chi connectivity index (χ0) is 13.5. The van der Waals surface area contributed by atoms with Crippen LogP contribution in [0.25, 0.3) is 10.9 Å². The number of ether oxygens (including phenoxy) is 1. The molecule has 4 unspecified atom stereocenters. The quantitative estimate of drug-likeness (QED) is 0.931. The molecule has 3 heterocycles. The van der Waals surface area contributed by atoms with Gasteiger partial charge in [-0.05, 0) is 43.4 Å². The van der Waals surface area contributed by atoms with Crippen LogP contribution in [-0.2, 0) is 11.2 Å². The average Bonchev–Trinajstić information content (AvgIpc) is 3.10. The molecule has 1 aromatic heterocycles. The number of benzene rings is 1. The van der Waals surface area contributed by atoms with Crippen molar-refractivity contribution in [3.8, 4) is 0 Å². The summed E-state index contributed by atoms with van der Waals surface area (Å²) in [5.74, 6) is 0.528. The smallest absolute Gasteiger partial charge is 0.0704 e. The van der Waals surface area contributed by atoms with E-state index in [9.17, 15) is 0 Å². The van der Waals surface area contributed by atoms with Gasteiger partial charge >= 0.3 is 0 Å². The third-order valence-electron chi connectivity index (χ3n) is 4.90. The predicted octanol–water partition coefficient (Wildman–Crippen LogP) is 2.67. The van der Waals surface area contributed by atoms with E-state index in [1.807, 2.05) is 12.3 Å². The van der Waals surface area contributed by atoms with Crippen molar-refractivity contribution in [3.63, 3.8) is 0 Å². The molecule has 2 bridgehead atoms. The highest BCUT2D eigenvalue weighted by Crippen LogP contribution is 2.40. The number of pyridine rings is 1. The Labute approximate surface area is 119 Å². The number of aromatic nitrogens is 1. The molecule has 0 saturated carbocycles. The van der Waals surface area contributed by atoms with Gasteiger partial charge in [0.15, 0.2) is 0 Å². The van der Waals surface area contributed by atoms with Crippen molar-refractivity contribution in [2.75, 3.05) is 0 Å². The van der Waals surface area contributed by atoms with Crippen molar-refractivity contribution in [1.29, 1.82) is 0 Å². The molecule has 104 valence electrons. The lowest BCUT2D eigenvalue weighted by molar-refractivity contribution is 0.0885. The van der Waals surface area contributed by atoms with Crippen LogP contribution in [0.3, 0.4) is 0 Å². The molecule has 0 amide bonds. The van der Waals surface area contributed by atoms with Crippen molar-refractivity contribution >= 4 is 10.9 Å². The molecule has 2 aromatic rings. The van der Waals surface area contributed by atoms with Gasteiger partial charge in [0.25, 0.3) is 0 Å². The third kappa shape index (κ3) is 2.02. The van der Waals surface area contributed by atoms with Crippen LogP contribution in [0, 0.1) is 5.92 Å². The number of nitrogens with two attached hydrogens (primary N) is 1. The summed E-state index contributed by atoms with van der Waals surface area (Å²) in [5.41, 5.74) is 8.86. The lowest BCUT2D eigenvalue weighted by atomic mass is 9.81. The fraction of sp³-hybridized carbons (Fsp3) is 0.471. The van der Waals surface area contributed by atoms with Crippen molar-refractivity contribution in [2.24, 2.45) is 11.7 Å². The summed E-state index contributed by atoms with van der Waals surface area (Å²) >= 11 is 0. The van der Waals surface area contributed by atoms with Crippen LogP contribution in [0.15, 0.2) is 36.5 Å². The maximum atomic E-state index is 6.49. The van der Waals surface area contributed by atoms with Gasteiger partial charge in [-0.15, -0.1) is 0 Å². The number of hydrogen-bond donors (Lipinski definition) is 1. The van der Waals surface area contributed by atoms with Gasteiger partial charge in [0.05, 0.1) is 17.7 Å². The number of nitrogens with zero attached hydrogens (tertiary/aromatic N) is 1. The first-order valence-electron chi connectivity index (χ1n) is 7.55. The zero-order valence-electron chi connectivity index (χ0n) is 11.5. The van der Waals surface area contributed by atoms with Crippen LogP contribution in [0.4, 0.5) is 0 Å². The normalized spacial score (nSPS) is 29.9. The molecule has 1 aromatic carbocycles. The van der Waals surface area contributed by atoms with Crippen LogP contribution in [0.1, 0.15) is 24.8 Å². The number of rotatable bonds is 3. The minimum absolute atomic E-state index is 0.191. The topological polar surface area (TPSA) is 48.1 Å². The number of hydrogen-bond acceptors (Lipinski definition) is 3. The maximum absolute atomic E-state index is 6.49. The Morgan fingerprint density at radius 3 is 2.95 bits per heavy atom. The van der Waals surface area contributed by atoms with Gasteiger partial charge in [0.1, 0.15) is 0 Å². The molecule has 3 heteroatoms. The van der Waals surface area contributed by atoms with Crippen LogP contribution >= 0.6 is 0 Å². The van der Waals surface area contributed by atoms with Gasteiger partial charge in [-0.1, -0.05) is 18.2 Å². The summed E-state index contributed by atoms with van der Waals surface area (Å²) in [6, 6.07) is 10.6. The molecule has 2 saturated heterocycles. The molecule has 4 rings (SSSR count). The molecule has 3 nitrogen and oxygen atoms in total. The van der Waals surface area contributed by atoms with E-state index in [4.69, 9.17) is 10.5 Å². The predicted molar refractivity (Wildman–Crippen MR) is 79.4 cm³/mol. The molecule has 2 aliphatic rings. The standard InChI is InChI=1S/C17H20N2O/c18-15(14-10-12-5-6-17(14)20-12)9-11-7-8-19-16-4-2-1-3-13(11)16/h1-4,7-8,12,14-15,17H,5-6,9-10,18H2. The molecular formula is C17H20N2O. The largest absolute Gasteiger partial charge is 0.375 e. The lowest BCUT2D eigenvalue weighted by Gasteiger charge is -2.25. The number of fused-ring (bicyclic) bond motifs is 3. The molecule has 2 aliphatic heterocycles. The van der Waals surface area contributed by atoms with E-state index in [0.29, 0.717) is 18.1 Å². The van der Waals surface area contributed by atoms with Crippen molar-refractivity contribution in [3.05, 3.63) is 42.1 Å². The van der Waals surface area contributed by atoms with Gasteiger partial charge in [-0.3, -0.25) is 4.98 Å². The Bertz CT molecular complexity index is 622. The van der Waals surface area contributed by atoms with Gasteiger partial charge in [0.2, 0.25) is 0 Å². The molecule has 20 heavy (non-hydrogen) atoms. The Balaban J connectivity index is 1.58. The van der Waals surface area contributed by atoms with Gasteiger partial charge in [-0.25, -0.2) is 0 Å². The fourth-order valence-corrected chi connectivity index (χ4v) is 3.87. The number of para-hydroxylation sites is 1. The first kappa shape index (κ1) is 12.3. The van der Waals surface area contributed by atoms with Gasteiger partial charge in [0, 0.05) is 23.5 Å². The van der Waals surface area contributed by atoms with E-state index in [1.165, 1.54) is 23.8 Å². The summed E-state index contributed by atoms with van der Waals surface area (Å²) in [7, 11) is 0. The first-order valence-corrected chi connectivity index (χ1v) is 7.55. The van der Waals surface area contributed by atoms with E-state index in [-0.39, 0.29) is 6.04 Å². The lowest BCUT2D eigenvalue weighted by Crippen LogP contribution is -2.38. The van der Waals surface area contributed by atoms with Crippen LogP contribution in [0.5, 0.6) is 0 Å². The third-order valence-corrected chi connectivity index (χ3v) is 4.90. The Morgan fingerprint density at radius 1 is 1.25 bits per heavy atom. The minimum Gasteiger partial charge on any atom is -0.375 e. The maximum Gasteiger partial charge on any atom is 0.0704 e. The van der Waals surface area contributed by atoms with Crippen molar-refractivity contribution < 1.29 is 4.74 Å². The monoisotopic (exact) mass is 268 g/mol. The molecule has 0 spiro atoms. The van der Waals surface area contributed by atoms with E-state index in [1.54, 1.807) is 0 Å². The van der Waals surface area contributed by atoms with Crippen LogP contribution < -0.4 is 5.73 Å².